The lowest BCUT2D eigenvalue weighted by atomic mass is 10.1. The summed E-state index contributed by atoms with van der Waals surface area (Å²) in [7, 11) is -2.03. The van der Waals surface area contributed by atoms with E-state index in [-0.39, 0.29) is 11.4 Å². The Balaban J connectivity index is 1.50. The molecule has 0 spiro atoms. The molecule has 0 aliphatic rings. The van der Waals surface area contributed by atoms with Crippen molar-refractivity contribution >= 4 is 21.4 Å². The van der Waals surface area contributed by atoms with Gasteiger partial charge in [-0.1, -0.05) is 30.3 Å². The van der Waals surface area contributed by atoms with Crippen molar-refractivity contribution in [3.8, 4) is 28.1 Å². The minimum absolute atomic E-state index is 0.168. The average Bonchev–Trinajstić information content (AvgIpc) is 3.33. The maximum Gasteiger partial charge on any atom is 0.240 e. The van der Waals surface area contributed by atoms with Crippen LogP contribution in [0, 0.1) is 0 Å². The lowest BCUT2D eigenvalue weighted by molar-refractivity contribution is 0.415. The summed E-state index contributed by atoms with van der Waals surface area (Å²) in [6, 6.07) is 20.1. The summed E-state index contributed by atoms with van der Waals surface area (Å²) in [5.74, 6) is 0.777. The van der Waals surface area contributed by atoms with Crippen molar-refractivity contribution in [1.82, 2.24) is 9.71 Å². The highest BCUT2D eigenvalue weighted by molar-refractivity contribution is 7.89. The third-order valence-corrected chi connectivity index (χ3v) is 6.83. The lowest BCUT2D eigenvalue weighted by Gasteiger charge is -2.10. The number of thiophene rings is 1. The first kappa shape index (κ1) is 20.3. The summed E-state index contributed by atoms with van der Waals surface area (Å²) < 4.78 is 33.4. The number of ether oxygens (including phenoxy) is 1. The molecule has 0 aliphatic carbocycles. The highest BCUT2D eigenvalue weighted by Gasteiger charge is 2.15. The largest absolute Gasteiger partial charge is 0.497 e. The van der Waals surface area contributed by atoms with Crippen molar-refractivity contribution in [3.63, 3.8) is 0 Å². The van der Waals surface area contributed by atoms with Crippen molar-refractivity contribution in [1.29, 1.82) is 0 Å². The first-order chi connectivity index (χ1) is 14.6. The van der Waals surface area contributed by atoms with Crippen molar-refractivity contribution < 1.29 is 13.2 Å². The van der Waals surface area contributed by atoms with Gasteiger partial charge in [0, 0.05) is 23.7 Å². The molecule has 5 nitrogen and oxygen atoms in total. The molecule has 0 aliphatic heterocycles. The molecule has 4 aromatic rings. The second-order valence-electron chi connectivity index (χ2n) is 6.60. The molecule has 0 atom stereocenters. The van der Waals surface area contributed by atoms with Gasteiger partial charge in [-0.25, -0.2) is 13.1 Å². The number of hydrogen-bond acceptors (Lipinski definition) is 5. The predicted octanol–water partition coefficient (Wildman–Crippen LogP) is 4.96. The highest BCUT2D eigenvalue weighted by Crippen LogP contribution is 2.25. The van der Waals surface area contributed by atoms with E-state index in [1.54, 1.807) is 48.9 Å². The lowest BCUT2D eigenvalue weighted by Crippen LogP contribution is -2.23. The van der Waals surface area contributed by atoms with Crippen LogP contribution in [0.3, 0.4) is 0 Å². The molecular formula is C23H20N2O3S2. The second kappa shape index (κ2) is 8.79. The average molecular weight is 437 g/mol. The van der Waals surface area contributed by atoms with Gasteiger partial charge in [-0.15, -0.1) is 0 Å². The topological polar surface area (TPSA) is 68.3 Å². The number of nitrogens with zero attached hydrogens (tertiary/aromatic N) is 1. The molecule has 2 aromatic heterocycles. The van der Waals surface area contributed by atoms with Crippen LogP contribution in [0.25, 0.3) is 22.4 Å². The van der Waals surface area contributed by atoms with Gasteiger partial charge in [0.25, 0.3) is 0 Å². The van der Waals surface area contributed by atoms with Gasteiger partial charge in [0.1, 0.15) is 5.75 Å². The maximum atomic E-state index is 12.8. The van der Waals surface area contributed by atoms with Crippen molar-refractivity contribution in [3.05, 3.63) is 89.3 Å². The van der Waals surface area contributed by atoms with Crippen LogP contribution in [0.2, 0.25) is 0 Å². The first-order valence-corrected chi connectivity index (χ1v) is 11.7. The van der Waals surface area contributed by atoms with E-state index in [9.17, 15) is 8.42 Å². The number of nitrogens with one attached hydrogen (secondary N) is 1. The van der Waals surface area contributed by atoms with Gasteiger partial charge < -0.3 is 4.74 Å². The molecule has 0 unspecified atom stereocenters. The SMILES string of the molecule is COc1ccc(-c2ccc(S(=O)(=O)NCc3cccnc3-c3ccsc3)cc2)cc1. The van der Waals surface area contributed by atoms with E-state index < -0.39 is 10.0 Å². The maximum absolute atomic E-state index is 12.8. The summed E-state index contributed by atoms with van der Waals surface area (Å²) in [5.41, 5.74) is 4.52. The Morgan fingerprint density at radius 3 is 2.27 bits per heavy atom. The Morgan fingerprint density at radius 1 is 0.933 bits per heavy atom. The van der Waals surface area contributed by atoms with Crippen molar-refractivity contribution in [2.24, 2.45) is 0 Å². The molecule has 1 N–H and O–H groups in total. The Labute approximate surface area is 180 Å². The Kier molecular flexibility index (Phi) is 5.94. The Bertz CT molecular complexity index is 1220. The number of pyridine rings is 1. The molecule has 7 heteroatoms. The fourth-order valence-corrected chi connectivity index (χ4v) is 4.75. The van der Waals surface area contributed by atoms with E-state index in [4.69, 9.17) is 4.74 Å². The van der Waals surface area contributed by atoms with Crippen LogP contribution in [0.5, 0.6) is 5.75 Å². The summed E-state index contributed by atoms with van der Waals surface area (Å²) in [6.07, 6.45) is 1.71. The van der Waals surface area contributed by atoms with Crippen LogP contribution < -0.4 is 9.46 Å². The van der Waals surface area contributed by atoms with E-state index in [0.29, 0.717) is 0 Å². The monoisotopic (exact) mass is 436 g/mol. The molecule has 0 fully saturated rings. The standard InChI is InChI=1S/C23H20N2O3S2/c1-28-21-8-4-17(5-9-21)18-6-10-22(11-7-18)30(26,27)25-15-19-3-2-13-24-23(19)20-12-14-29-16-20/h2-14,16,25H,15H2,1H3. The van der Waals surface area contributed by atoms with Crippen LogP contribution in [0.1, 0.15) is 5.56 Å². The molecule has 4 rings (SSSR count). The van der Waals surface area contributed by atoms with E-state index in [1.165, 1.54) is 0 Å². The zero-order chi connectivity index (χ0) is 21.0. The van der Waals surface area contributed by atoms with Gasteiger partial charge in [-0.2, -0.15) is 11.3 Å². The number of sulfonamides is 1. The summed E-state index contributed by atoms with van der Waals surface area (Å²) in [5, 5.41) is 3.97. The van der Waals surface area contributed by atoms with Crippen LogP contribution in [0.15, 0.2) is 88.6 Å². The normalized spacial score (nSPS) is 11.4. The molecule has 2 aromatic carbocycles. The molecule has 0 amide bonds. The quantitative estimate of drug-likeness (QED) is 0.444. The fraction of sp³-hybridized carbons (Fsp3) is 0.0870. The van der Waals surface area contributed by atoms with Gasteiger partial charge in [0.2, 0.25) is 10.0 Å². The number of benzene rings is 2. The Morgan fingerprint density at radius 2 is 1.63 bits per heavy atom. The fourth-order valence-electron chi connectivity index (χ4n) is 3.11. The summed E-state index contributed by atoms with van der Waals surface area (Å²) in [4.78, 5) is 4.64. The van der Waals surface area contributed by atoms with Crippen molar-refractivity contribution in [2.45, 2.75) is 11.4 Å². The smallest absolute Gasteiger partial charge is 0.240 e. The van der Waals surface area contributed by atoms with E-state index >= 15 is 0 Å². The molecule has 0 radical (unpaired) electrons. The predicted molar refractivity (Wildman–Crippen MR) is 120 cm³/mol. The van der Waals surface area contributed by atoms with E-state index in [1.807, 2.05) is 53.2 Å². The number of aromatic nitrogens is 1. The number of rotatable bonds is 7. The molecule has 0 bridgehead atoms. The molecule has 0 saturated heterocycles. The minimum atomic E-state index is -3.65. The van der Waals surface area contributed by atoms with Crippen LogP contribution in [-0.2, 0) is 16.6 Å². The number of hydrogen-bond donors (Lipinski definition) is 1. The molecule has 152 valence electrons. The van der Waals surface area contributed by atoms with Crippen LogP contribution >= 0.6 is 11.3 Å². The summed E-state index contributed by atoms with van der Waals surface area (Å²) >= 11 is 1.58. The molecule has 30 heavy (non-hydrogen) atoms. The van der Waals surface area contributed by atoms with E-state index in [0.717, 1.165) is 33.7 Å². The van der Waals surface area contributed by atoms with Gasteiger partial charge in [-0.05, 0) is 58.5 Å². The molecular weight excluding hydrogens is 416 g/mol. The minimum Gasteiger partial charge on any atom is -0.497 e. The zero-order valence-electron chi connectivity index (χ0n) is 16.3. The third kappa shape index (κ3) is 4.43. The van der Waals surface area contributed by atoms with Gasteiger partial charge >= 0.3 is 0 Å². The van der Waals surface area contributed by atoms with Crippen molar-refractivity contribution in [2.75, 3.05) is 7.11 Å². The van der Waals surface area contributed by atoms with Gasteiger partial charge in [-0.3, -0.25) is 4.98 Å². The molecule has 2 heterocycles. The third-order valence-electron chi connectivity index (χ3n) is 4.73. The van der Waals surface area contributed by atoms with Crippen LogP contribution in [0.4, 0.5) is 0 Å². The van der Waals surface area contributed by atoms with Crippen LogP contribution in [-0.4, -0.2) is 20.5 Å². The summed E-state index contributed by atoms with van der Waals surface area (Å²) in [6.45, 7) is 0.168. The van der Waals surface area contributed by atoms with E-state index in [2.05, 4.69) is 9.71 Å². The molecule has 0 saturated carbocycles. The first-order valence-electron chi connectivity index (χ1n) is 9.27. The Hall–Kier alpha value is -3.00. The van der Waals surface area contributed by atoms with Gasteiger partial charge in [0.05, 0.1) is 17.7 Å². The zero-order valence-corrected chi connectivity index (χ0v) is 17.9. The second-order valence-corrected chi connectivity index (χ2v) is 9.15. The number of methoxy groups -OCH3 is 1. The highest BCUT2D eigenvalue weighted by atomic mass is 32.2. The van der Waals surface area contributed by atoms with Gasteiger partial charge in [0.15, 0.2) is 0 Å².